The van der Waals surface area contributed by atoms with Gasteiger partial charge < -0.3 is 14.6 Å². The number of hydrogen-bond acceptors (Lipinski definition) is 5. The van der Waals surface area contributed by atoms with Crippen LogP contribution in [0.1, 0.15) is 37.5 Å². The van der Waals surface area contributed by atoms with Gasteiger partial charge in [0.2, 0.25) is 11.7 Å². The molecule has 1 aliphatic carbocycles. The van der Waals surface area contributed by atoms with E-state index in [1.807, 2.05) is 31.3 Å². The molecular weight excluding hydrogens is 266 g/mol. The van der Waals surface area contributed by atoms with Crippen LogP contribution in [-0.4, -0.2) is 30.3 Å². The van der Waals surface area contributed by atoms with E-state index in [1.165, 1.54) is 19.3 Å². The fraction of sp³-hybridized carbons (Fsp3) is 0.500. The van der Waals surface area contributed by atoms with Crippen LogP contribution in [0.15, 0.2) is 28.8 Å². The van der Waals surface area contributed by atoms with Crippen molar-refractivity contribution < 1.29 is 9.26 Å². The molecular formula is C16H21N3O2. The van der Waals surface area contributed by atoms with Gasteiger partial charge in [-0.2, -0.15) is 4.98 Å². The number of nitrogens with zero attached hydrogens (tertiary/aromatic N) is 2. The van der Waals surface area contributed by atoms with Crippen LogP contribution >= 0.6 is 0 Å². The highest BCUT2D eigenvalue weighted by Crippen LogP contribution is 2.33. The Labute approximate surface area is 124 Å². The van der Waals surface area contributed by atoms with Gasteiger partial charge >= 0.3 is 0 Å². The van der Waals surface area contributed by atoms with Crippen LogP contribution in [0.5, 0.6) is 5.75 Å². The van der Waals surface area contributed by atoms with Gasteiger partial charge in [-0.05, 0) is 44.2 Å². The Kier molecular flexibility index (Phi) is 4.20. The van der Waals surface area contributed by atoms with E-state index in [0.29, 0.717) is 17.8 Å². The van der Waals surface area contributed by atoms with Crippen molar-refractivity contribution in [3.8, 4) is 17.1 Å². The molecule has 0 bridgehead atoms. The van der Waals surface area contributed by atoms with Crippen LogP contribution in [0, 0.1) is 0 Å². The molecule has 3 rings (SSSR count). The number of methoxy groups -OCH3 is 1. The average molecular weight is 287 g/mol. The number of likely N-dealkylation sites (N-methyl/N-ethyl adjacent to an activating group) is 1. The lowest BCUT2D eigenvalue weighted by molar-refractivity contribution is 0.270. The summed E-state index contributed by atoms with van der Waals surface area (Å²) in [4.78, 5) is 4.60. The van der Waals surface area contributed by atoms with Gasteiger partial charge in [0.25, 0.3) is 0 Å². The Bertz CT molecular complexity index is 579. The highest BCUT2D eigenvalue weighted by Gasteiger charge is 2.29. The minimum absolute atomic E-state index is 0.322. The molecule has 1 aromatic heterocycles. The number of benzene rings is 1. The van der Waals surface area contributed by atoms with Crippen molar-refractivity contribution in [2.45, 2.75) is 37.6 Å². The SMILES string of the molecule is CNC1CCCCC1c1nc(-c2ccc(OC)cc2)no1. The fourth-order valence-electron chi connectivity index (χ4n) is 3.02. The average Bonchev–Trinajstić information content (AvgIpc) is 3.04. The van der Waals surface area contributed by atoms with E-state index >= 15 is 0 Å². The van der Waals surface area contributed by atoms with Gasteiger partial charge in [-0.3, -0.25) is 0 Å². The Hall–Kier alpha value is -1.88. The molecule has 2 aromatic rings. The molecule has 0 aliphatic heterocycles. The van der Waals surface area contributed by atoms with Gasteiger partial charge in [-0.25, -0.2) is 0 Å². The summed E-state index contributed by atoms with van der Waals surface area (Å²) in [6.07, 6.45) is 4.77. The van der Waals surface area contributed by atoms with Crippen molar-refractivity contribution in [2.24, 2.45) is 0 Å². The summed E-state index contributed by atoms with van der Waals surface area (Å²) < 4.78 is 10.7. The molecule has 0 radical (unpaired) electrons. The second-order valence-corrected chi connectivity index (χ2v) is 5.47. The van der Waals surface area contributed by atoms with Crippen LogP contribution in [0.2, 0.25) is 0 Å². The molecule has 21 heavy (non-hydrogen) atoms. The molecule has 1 heterocycles. The molecule has 2 unspecified atom stereocenters. The number of rotatable bonds is 4. The maximum atomic E-state index is 5.51. The topological polar surface area (TPSA) is 60.2 Å². The van der Waals surface area contributed by atoms with E-state index in [2.05, 4.69) is 15.5 Å². The summed E-state index contributed by atoms with van der Waals surface area (Å²) in [5.74, 6) is 2.54. The van der Waals surface area contributed by atoms with Gasteiger partial charge in [-0.1, -0.05) is 18.0 Å². The predicted molar refractivity (Wildman–Crippen MR) is 80.3 cm³/mol. The second-order valence-electron chi connectivity index (χ2n) is 5.47. The van der Waals surface area contributed by atoms with Gasteiger partial charge in [0.15, 0.2) is 0 Å². The van der Waals surface area contributed by atoms with E-state index in [9.17, 15) is 0 Å². The van der Waals surface area contributed by atoms with E-state index < -0.39 is 0 Å². The smallest absolute Gasteiger partial charge is 0.231 e. The minimum Gasteiger partial charge on any atom is -0.497 e. The molecule has 0 saturated heterocycles. The van der Waals surface area contributed by atoms with Crippen molar-refractivity contribution >= 4 is 0 Å². The standard InChI is InChI=1S/C16H21N3O2/c1-17-14-6-4-3-5-13(14)16-18-15(19-21-16)11-7-9-12(20-2)10-8-11/h7-10,13-14,17H,3-6H2,1-2H3. The number of ether oxygens (including phenoxy) is 1. The first-order valence-corrected chi connectivity index (χ1v) is 7.47. The maximum Gasteiger partial charge on any atom is 0.231 e. The van der Waals surface area contributed by atoms with Gasteiger partial charge in [0.05, 0.1) is 13.0 Å². The van der Waals surface area contributed by atoms with Crippen molar-refractivity contribution in [3.63, 3.8) is 0 Å². The van der Waals surface area contributed by atoms with Crippen LogP contribution < -0.4 is 10.1 Å². The first kappa shape index (κ1) is 14.1. The van der Waals surface area contributed by atoms with E-state index in [1.54, 1.807) is 7.11 Å². The molecule has 1 aromatic carbocycles. The van der Waals surface area contributed by atoms with Gasteiger partial charge in [-0.15, -0.1) is 0 Å². The van der Waals surface area contributed by atoms with Crippen molar-refractivity contribution in [1.29, 1.82) is 0 Å². The van der Waals surface area contributed by atoms with Crippen LogP contribution in [0.25, 0.3) is 11.4 Å². The Morgan fingerprint density at radius 2 is 1.95 bits per heavy atom. The third-order valence-electron chi connectivity index (χ3n) is 4.24. The fourth-order valence-corrected chi connectivity index (χ4v) is 3.02. The lowest BCUT2D eigenvalue weighted by Crippen LogP contribution is -2.34. The quantitative estimate of drug-likeness (QED) is 0.936. The first-order valence-electron chi connectivity index (χ1n) is 7.47. The first-order chi connectivity index (χ1) is 10.3. The molecule has 1 saturated carbocycles. The highest BCUT2D eigenvalue weighted by molar-refractivity contribution is 5.55. The zero-order valence-corrected chi connectivity index (χ0v) is 12.5. The van der Waals surface area contributed by atoms with Crippen LogP contribution in [-0.2, 0) is 0 Å². The molecule has 1 N–H and O–H groups in total. The molecule has 0 amide bonds. The zero-order chi connectivity index (χ0) is 14.7. The molecule has 5 heteroatoms. The second kappa shape index (κ2) is 6.26. The van der Waals surface area contributed by atoms with E-state index in [4.69, 9.17) is 9.26 Å². The molecule has 112 valence electrons. The Morgan fingerprint density at radius 1 is 1.19 bits per heavy atom. The summed E-state index contributed by atoms with van der Waals surface area (Å²) in [6.45, 7) is 0. The monoisotopic (exact) mass is 287 g/mol. The van der Waals surface area contributed by atoms with Crippen molar-refractivity contribution in [3.05, 3.63) is 30.2 Å². The van der Waals surface area contributed by atoms with Crippen LogP contribution in [0.4, 0.5) is 0 Å². The third-order valence-corrected chi connectivity index (χ3v) is 4.24. The lowest BCUT2D eigenvalue weighted by Gasteiger charge is -2.28. The summed E-state index contributed by atoms with van der Waals surface area (Å²) >= 11 is 0. The van der Waals surface area contributed by atoms with Gasteiger partial charge in [0, 0.05) is 11.6 Å². The number of nitrogens with one attached hydrogen (secondary N) is 1. The molecule has 1 fully saturated rings. The van der Waals surface area contributed by atoms with Gasteiger partial charge in [0.1, 0.15) is 5.75 Å². The summed E-state index contributed by atoms with van der Waals surface area (Å²) in [6, 6.07) is 8.14. The Morgan fingerprint density at radius 3 is 2.67 bits per heavy atom. The zero-order valence-electron chi connectivity index (χ0n) is 12.5. The summed E-state index contributed by atoms with van der Waals surface area (Å²) in [5.41, 5.74) is 0.947. The van der Waals surface area contributed by atoms with E-state index in [-0.39, 0.29) is 0 Å². The van der Waals surface area contributed by atoms with Crippen molar-refractivity contribution in [2.75, 3.05) is 14.2 Å². The third kappa shape index (κ3) is 2.93. The Balaban J connectivity index is 1.81. The summed E-state index contributed by atoms with van der Waals surface area (Å²) in [7, 11) is 3.66. The van der Waals surface area contributed by atoms with Crippen LogP contribution in [0.3, 0.4) is 0 Å². The number of aromatic nitrogens is 2. The molecule has 5 nitrogen and oxygen atoms in total. The molecule has 2 atom stereocenters. The normalized spacial score (nSPS) is 22.2. The highest BCUT2D eigenvalue weighted by atomic mass is 16.5. The lowest BCUT2D eigenvalue weighted by atomic mass is 9.84. The molecule has 0 spiro atoms. The predicted octanol–water partition coefficient (Wildman–Crippen LogP) is 2.99. The minimum atomic E-state index is 0.322. The largest absolute Gasteiger partial charge is 0.497 e. The maximum absolute atomic E-state index is 5.51. The van der Waals surface area contributed by atoms with Crippen molar-refractivity contribution in [1.82, 2.24) is 15.5 Å². The number of hydrogen-bond donors (Lipinski definition) is 1. The molecule has 1 aliphatic rings. The van der Waals surface area contributed by atoms with E-state index in [0.717, 1.165) is 23.6 Å². The summed E-state index contributed by atoms with van der Waals surface area (Å²) in [5, 5.41) is 7.50.